The van der Waals surface area contributed by atoms with Gasteiger partial charge in [-0.25, -0.2) is 0 Å². The number of rotatable bonds is 12. The highest BCUT2D eigenvalue weighted by Gasteiger charge is 2.61. The maximum atomic E-state index is 11.9. The molecule has 0 spiro atoms. The van der Waals surface area contributed by atoms with Crippen molar-refractivity contribution in [3.63, 3.8) is 0 Å². The smallest absolute Gasteiger partial charge is 0.133 e. The molecule has 5 N–H and O–H groups in total. The molecule has 9 unspecified atom stereocenters. The van der Waals surface area contributed by atoms with Gasteiger partial charge in [0.1, 0.15) is 5.78 Å². The first-order valence-electron chi connectivity index (χ1n) is 36.8. The van der Waals surface area contributed by atoms with Crippen molar-refractivity contribution in [2.45, 2.75) is 359 Å². The predicted molar refractivity (Wildman–Crippen MR) is 362 cm³/mol. The van der Waals surface area contributed by atoms with E-state index in [0.717, 1.165) is 188 Å². The molecule has 12 rings (SSSR count). The molecule has 0 amide bonds. The Labute approximate surface area is 533 Å². The molecule has 12 aliphatic carbocycles. The number of fused-ring (bicyclic) bond motifs is 15. The minimum atomic E-state index is -0.526. The van der Waals surface area contributed by atoms with Crippen LogP contribution in [-0.2, 0) is 4.79 Å². The molecule has 0 aromatic carbocycles. The van der Waals surface area contributed by atoms with E-state index < -0.39 is 28.0 Å². The maximum absolute atomic E-state index is 11.9. The van der Waals surface area contributed by atoms with Gasteiger partial charge in [0.15, 0.2) is 0 Å². The van der Waals surface area contributed by atoms with E-state index in [4.69, 9.17) is 0 Å². The van der Waals surface area contributed by atoms with Gasteiger partial charge in [-0.1, -0.05) is 63.8 Å². The summed E-state index contributed by atoms with van der Waals surface area (Å²) in [6.45, 7) is 31.2. The Hall–Kier alpha value is -0.530. The lowest BCUT2D eigenvalue weighted by atomic mass is 9.48. The molecule has 0 heterocycles. The Bertz CT molecular complexity index is 2060. The Morgan fingerprint density at radius 1 is 0.384 bits per heavy atom. The number of aliphatic hydroxyl groups is 5. The van der Waals surface area contributed by atoms with E-state index >= 15 is 0 Å². The largest absolute Gasteiger partial charge is 0.390 e. The van der Waals surface area contributed by atoms with Crippen molar-refractivity contribution >= 4 is 5.78 Å². The van der Waals surface area contributed by atoms with Gasteiger partial charge < -0.3 is 25.5 Å². The Kier molecular flexibility index (Phi) is 23.3. The molecule has 0 bridgehead atoms. The number of ketones is 1. The van der Waals surface area contributed by atoms with E-state index in [-0.39, 0.29) is 22.3 Å². The van der Waals surface area contributed by atoms with Gasteiger partial charge in [-0.05, 0) is 395 Å². The topological polar surface area (TPSA) is 118 Å². The first-order chi connectivity index (χ1) is 38.7. The summed E-state index contributed by atoms with van der Waals surface area (Å²) in [5, 5.41) is 51.7. The summed E-state index contributed by atoms with van der Waals surface area (Å²) in [4.78, 5) is 11.9. The minimum Gasteiger partial charge on any atom is -0.390 e. The van der Waals surface area contributed by atoms with Crippen LogP contribution in [-0.4, -0.2) is 59.3 Å². The zero-order valence-electron chi connectivity index (χ0n) is 56.6. The van der Waals surface area contributed by atoms with Crippen molar-refractivity contribution < 1.29 is 30.3 Å². The zero-order chi connectivity index (χ0) is 60.0. The monoisotopic (exact) mass is 1200 g/mol. The number of hydrogen-bond donors (Lipinski definition) is 5. The van der Waals surface area contributed by atoms with Crippen molar-refractivity contribution in [3.8, 4) is 0 Å². The second-order valence-electron chi connectivity index (χ2n) is 37.2. The fourth-order valence-electron chi connectivity index (χ4n) is 26.1. The number of carbonyl (C=O) groups is 1. The highest BCUT2D eigenvalue weighted by atomic mass is 16.3. The Balaban J connectivity index is 0.000000181. The van der Waals surface area contributed by atoms with Crippen LogP contribution in [0, 0.1) is 141 Å². The summed E-state index contributed by atoms with van der Waals surface area (Å²) in [5.74, 6) is 18.7. The van der Waals surface area contributed by atoms with E-state index in [9.17, 15) is 30.3 Å². The number of hydrogen-bond acceptors (Lipinski definition) is 6. The summed E-state index contributed by atoms with van der Waals surface area (Å²) >= 11 is 0. The lowest BCUT2D eigenvalue weighted by molar-refractivity contribution is -0.127. The molecule has 26 atom stereocenters. The van der Waals surface area contributed by atoms with Gasteiger partial charge in [0.25, 0.3) is 0 Å². The molecule has 0 aliphatic heterocycles. The van der Waals surface area contributed by atoms with Crippen LogP contribution in [0.4, 0.5) is 0 Å². The van der Waals surface area contributed by atoms with Crippen LogP contribution in [0.25, 0.3) is 0 Å². The van der Waals surface area contributed by atoms with E-state index in [2.05, 4.69) is 55.4 Å². The Morgan fingerprint density at radius 3 is 0.988 bits per heavy atom. The summed E-state index contributed by atoms with van der Waals surface area (Å²) < 4.78 is 0. The normalized spacial score (nSPS) is 46.8. The average Bonchev–Trinajstić information content (AvgIpc) is 1.47. The molecule has 6 heteroatoms. The van der Waals surface area contributed by atoms with E-state index in [1.54, 1.807) is 0 Å². The fraction of sp³-hybridized carbons (Fsp3) is 0.988. The molecule has 502 valence electrons. The van der Waals surface area contributed by atoms with Gasteiger partial charge in [0.2, 0.25) is 0 Å². The fourth-order valence-corrected chi connectivity index (χ4v) is 26.1. The third kappa shape index (κ3) is 15.3. The number of carbonyl (C=O) groups excluding carboxylic acids is 1. The minimum absolute atomic E-state index is 0. The van der Waals surface area contributed by atoms with Crippen LogP contribution in [0.1, 0.15) is 331 Å². The summed E-state index contributed by atoms with van der Waals surface area (Å²) in [5.41, 5.74) is -0.770. The molecular weight excluding hydrogens is 1060 g/mol. The lowest BCUT2D eigenvalue weighted by Crippen LogP contribution is -2.50. The molecule has 12 fully saturated rings. The van der Waals surface area contributed by atoms with E-state index in [1.807, 2.05) is 41.5 Å². The van der Waals surface area contributed by atoms with Crippen LogP contribution < -0.4 is 0 Å². The van der Waals surface area contributed by atoms with Gasteiger partial charge in [-0.15, -0.1) is 0 Å². The second kappa shape index (κ2) is 27.4. The second-order valence-corrected chi connectivity index (χ2v) is 37.2. The van der Waals surface area contributed by atoms with Crippen molar-refractivity contribution in [2.24, 2.45) is 141 Å². The third-order valence-electron chi connectivity index (χ3n) is 30.2. The SMILES string of the molecule is C.C.C.C[C@H](CCC(C)(C)O)[C@H]1CCC2C3CC[C@@H]4CC(=O)CC[C@@H]4C3CC[C@@]21C.C[C@H](CCC(C)(C)O)[C@H]1CCC2C3CC[C@@H]4C[C@@](C)(O)CC[C@@H]4C3CC[C@@]21C.C[C@H](CCC(C)(C)O)[C@H]1CCC2C3CC[C@@H]4C[C@](C)(O)CC[C@@H]4C3CC[C@@]21C. The molecule has 0 radical (unpaired) electrons. The van der Waals surface area contributed by atoms with Gasteiger partial charge in [-0.3, -0.25) is 4.79 Å². The van der Waals surface area contributed by atoms with E-state index in [1.165, 1.54) is 148 Å². The quantitative estimate of drug-likeness (QED) is 0.133. The van der Waals surface area contributed by atoms with Gasteiger partial charge in [-0.2, -0.15) is 0 Å². The maximum Gasteiger partial charge on any atom is 0.133 e. The average molecular weight is 1200 g/mol. The summed E-state index contributed by atoms with van der Waals surface area (Å²) in [6, 6.07) is 0. The number of Topliss-reactive ketones (excluding diaryl/α,β-unsaturated/α-hetero) is 1. The highest BCUT2D eigenvalue weighted by molar-refractivity contribution is 5.79. The van der Waals surface area contributed by atoms with Crippen LogP contribution in [0.5, 0.6) is 0 Å². The molecular formula is C80H146O6. The van der Waals surface area contributed by atoms with Crippen molar-refractivity contribution in [1.82, 2.24) is 0 Å². The van der Waals surface area contributed by atoms with Crippen molar-refractivity contribution in [2.75, 3.05) is 0 Å². The van der Waals surface area contributed by atoms with Crippen molar-refractivity contribution in [1.29, 1.82) is 0 Å². The highest BCUT2D eigenvalue weighted by Crippen LogP contribution is 2.69. The molecule has 12 aliphatic rings. The van der Waals surface area contributed by atoms with Crippen LogP contribution in [0.3, 0.4) is 0 Å². The molecule has 86 heavy (non-hydrogen) atoms. The first kappa shape index (κ1) is 72.9. The zero-order valence-corrected chi connectivity index (χ0v) is 56.6. The van der Waals surface area contributed by atoms with Crippen LogP contribution in [0.15, 0.2) is 0 Å². The van der Waals surface area contributed by atoms with Crippen LogP contribution >= 0.6 is 0 Å². The molecule has 0 saturated heterocycles. The summed E-state index contributed by atoms with van der Waals surface area (Å²) in [6.07, 6.45) is 41.4. The molecule has 12 saturated carbocycles. The predicted octanol–water partition coefficient (Wildman–Crippen LogP) is 20.3. The molecule has 0 aromatic heterocycles. The van der Waals surface area contributed by atoms with Crippen molar-refractivity contribution in [3.05, 3.63) is 0 Å². The summed E-state index contributed by atoms with van der Waals surface area (Å²) in [7, 11) is 0. The standard InChI is InChI=1S/2C26H46O2.C25H42O2.3CH4/c2*1-17(10-13-24(2,3)27)22-8-9-23-21-7-6-18-16-25(4,28)14-11-19(18)20(21)12-15-26(22,23)5;1-16(11-13-24(2,3)27)22-9-10-23-21-7-5-17-15-18(26)6-8-19(17)20(21)12-14-25(22,23)4;;;/h2*17-23,27-28H,6-16H2,1-5H3;16-17,19-23,27H,5-15H2,1-4H3;3*1H4/t17-,18-,19+,20?,21?,22-,23?,25+,26-;17-,18-,19+,20?,21?,22-,23?,25-,26-;16-,17-,19+,20?,21?,22-,23?,25-;;;/m111.../s1. The third-order valence-corrected chi connectivity index (χ3v) is 30.2. The molecule has 6 nitrogen and oxygen atoms in total. The van der Waals surface area contributed by atoms with Gasteiger partial charge in [0, 0.05) is 12.8 Å². The van der Waals surface area contributed by atoms with Crippen LogP contribution in [0.2, 0.25) is 0 Å². The van der Waals surface area contributed by atoms with Gasteiger partial charge in [0.05, 0.1) is 28.0 Å². The van der Waals surface area contributed by atoms with E-state index in [0.29, 0.717) is 22.0 Å². The van der Waals surface area contributed by atoms with Gasteiger partial charge >= 0.3 is 0 Å². The Morgan fingerprint density at radius 2 is 0.674 bits per heavy atom. The molecule has 0 aromatic rings. The lowest BCUT2D eigenvalue weighted by Gasteiger charge is -2.57. The first-order valence-corrected chi connectivity index (χ1v) is 36.8.